The van der Waals surface area contributed by atoms with Gasteiger partial charge in [0.2, 0.25) is 4.96 Å². The van der Waals surface area contributed by atoms with E-state index in [4.69, 9.17) is 9.26 Å². The van der Waals surface area contributed by atoms with Crippen LogP contribution in [0.2, 0.25) is 0 Å². The zero-order valence-electron chi connectivity index (χ0n) is 18.2. The molecule has 0 saturated carbocycles. The van der Waals surface area contributed by atoms with Crippen LogP contribution in [0, 0.1) is 11.1 Å². The Kier molecular flexibility index (Phi) is 5.41. The second kappa shape index (κ2) is 8.38. The first-order valence-corrected chi connectivity index (χ1v) is 11.6. The molecule has 0 spiro atoms. The van der Waals surface area contributed by atoms with E-state index in [1.165, 1.54) is 23.7 Å². The molecular weight excluding hydrogens is 430 g/mol. The Morgan fingerprint density at radius 2 is 1.94 bits per heavy atom. The van der Waals surface area contributed by atoms with E-state index in [0.29, 0.717) is 17.1 Å². The van der Waals surface area contributed by atoms with Crippen molar-refractivity contribution in [2.45, 2.75) is 45.6 Å². The summed E-state index contributed by atoms with van der Waals surface area (Å²) in [6, 6.07) is 4.09. The molecule has 0 amide bonds. The Hall–Kier alpha value is -3.21. The van der Waals surface area contributed by atoms with E-state index >= 15 is 0 Å². The predicted octanol–water partition coefficient (Wildman–Crippen LogP) is 3.28. The van der Waals surface area contributed by atoms with Gasteiger partial charge in [0.1, 0.15) is 6.10 Å². The molecule has 11 heteroatoms. The number of piperidine rings is 1. The van der Waals surface area contributed by atoms with Gasteiger partial charge in [-0.1, -0.05) is 19.0 Å². The molecule has 1 atom stereocenters. The number of ether oxygens (including phenoxy) is 1. The summed E-state index contributed by atoms with van der Waals surface area (Å²) in [4.78, 5) is 12.0. The van der Waals surface area contributed by atoms with E-state index in [-0.39, 0.29) is 12.0 Å². The molecule has 0 aliphatic carbocycles. The van der Waals surface area contributed by atoms with Gasteiger partial charge in [-0.05, 0) is 37.0 Å². The molecule has 4 aromatic heterocycles. The van der Waals surface area contributed by atoms with E-state index in [2.05, 4.69) is 45.9 Å². The standard InChI is InChI=1S/C21H25N7O3S/c1-13(2)18-23-19(31-25-18)26-8-4-15(5-9-26)14(3)30-21-24-28-12-17(22-20(28)32-21)16-6-10-27(29)11-7-16/h6-7,10-15H,4-5,8-9H2,1-3H3. The number of nitrogens with zero attached hydrogens (tertiary/aromatic N) is 7. The van der Waals surface area contributed by atoms with Crippen molar-refractivity contribution in [1.29, 1.82) is 0 Å². The van der Waals surface area contributed by atoms with Gasteiger partial charge in [0.05, 0.1) is 11.9 Å². The van der Waals surface area contributed by atoms with Crippen molar-refractivity contribution in [1.82, 2.24) is 24.7 Å². The van der Waals surface area contributed by atoms with Gasteiger partial charge < -0.3 is 19.4 Å². The first-order valence-electron chi connectivity index (χ1n) is 10.8. The molecule has 0 bridgehead atoms. The van der Waals surface area contributed by atoms with Crippen LogP contribution in [0.4, 0.5) is 6.01 Å². The lowest BCUT2D eigenvalue weighted by Gasteiger charge is -2.33. The zero-order valence-corrected chi connectivity index (χ0v) is 19.0. The summed E-state index contributed by atoms with van der Waals surface area (Å²) >= 11 is 1.42. The molecule has 5 rings (SSSR count). The van der Waals surface area contributed by atoms with Gasteiger partial charge in [0.25, 0.3) is 5.19 Å². The lowest BCUT2D eigenvalue weighted by atomic mass is 9.92. The van der Waals surface area contributed by atoms with Gasteiger partial charge in [-0.25, -0.2) is 9.50 Å². The van der Waals surface area contributed by atoms with E-state index in [1.54, 1.807) is 16.6 Å². The number of anilines is 1. The summed E-state index contributed by atoms with van der Waals surface area (Å²) in [5.41, 5.74) is 1.65. The summed E-state index contributed by atoms with van der Waals surface area (Å²) in [6.07, 6.45) is 6.78. The summed E-state index contributed by atoms with van der Waals surface area (Å²) < 4.78 is 14.1. The minimum atomic E-state index is 0.0445. The largest absolute Gasteiger partial charge is 0.619 e. The number of pyridine rings is 1. The molecule has 10 nitrogen and oxygen atoms in total. The van der Waals surface area contributed by atoms with Crippen molar-refractivity contribution in [2.75, 3.05) is 18.0 Å². The van der Waals surface area contributed by atoms with Crippen LogP contribution in [0.1, 0.15) is 45.4 Å². The van der Waals surface area contributed by atoms with Crippen LogP contribution in [0.15, 0.2) is 35.2 Å². The number of fused-ring (bicyclic) bond motifs is 1. The molecule has 0 radical (unpaired) electrons. The monoisotopic (exact) mass is 455 g/mol. The van der Waals surface area contributed by atoms with Crippen LogP contribution in [-0.2, 0) is 0 Å². The van der Waals surface area contributed by atoms with Crippen molar-refractivity contribution in [3.63, 3.8) is 0 Å². The number of hydrogen-bond donors (Lipinski definition) is 0. The van der Waals surface area contributed by atoms with Crippen LogP contribution < -0.4 is 14.4 Å². The Labute approximate surface area is 189 Å². The molecule has 168 valence electrons. The maximum absolute atomic E-state index is 11.2. The average Bonchev–Trinajstić information content (AvgIpc) is 3.49. The van der Waals surface area contributed by atoms with E-state index in [1.807, 2.05) is 6.20 Å². The Morgan fingerprint density at radius 3 is 2.59 bits per heavy atom. The van der Waals surface area contributed by atoms with E-state index in [0.717, 1.165) is 52.7 Å². The van der Waals surface area contributed by atoms with Crippen LogP contribution in [0.3, 0.4) is 0 Å². The van der Waals surface area contributed by atoms with Crippen molar-refractivity contribution < 1.29 is 14.0 Å². The molecule has 1 aliphatic rings. The highest BCUT2D eigenvalue weighted by Crippen LogP contribution is 2.30. The maximum Gasteiger partial charge on any atom is 0.324 e. The fourth-order valence-corrected chi connectivity index (χ4v) is 4.67. The average molecular weight is 456 g/mol. The molecule has 1 unspecified atom stereocenters. The minimum Gasteiger partial charge on any atom is -0.619 e. The molecule has 0 aromatic carbocycles. The summed E-state index contributed by atoms with van der Waals surface area (Å²) in [7, 11) is 0. The molecule has 1 saturated heterocycles. The number of rotatable bonds is 6. The SMILES string of the molecule is CC(C)c1noc(N2CCC(C(C)Oc3nn4cc(-c5cc[n+]([O-])cc5)nc4s3)CC2)n1. The van der Waals surface area contributed by atoms with Crippen molar-refractivity contribution >= 4 is 22.3 Å². The molecule has 1 fully saturated rings. The van der Waals surface area contributed by atoms with Gasteiger partial charge in [0, 0.05) is 36.7 Å². The van der Waals surface area contributed by atoms with Crippen LogP contribution >= 0.6 is 11.3 Å². The lowest BCUT2D eigenvalue weighted by molar-refractivity contribution is -0.605. The van der Waals surface area contributed by atoms with Gasteiger partial charge in [0.15, 0.2) is 18.2 Å². The van der Waals surface area contributed by atoms with Crippen molar-refractivity contribution in [3.8, 4) is 16.5 Å². The van der Waals surface area contributed by atoms with Crippen LogP contribution in [0.5, 0.6) is 5.19 Å². The van der Waals surface area contributed by atoms with Gasteiger partial charge >= 0.3 is 6.01 Å². The van der Waals surface area contributed by atoms with Gasteiger partial charge in [-0.3, -0.25) is 0 Å². The highest BCUT2D eigenvalue weighted by molar-refractivity contribution is 7.18. The topological polar surface area (TPSA) is 109 Å². The molecule has 4 aromatic rings. The molecule has 5 heterocycles. The predicted molar refractivity (Wildman–Crippen MR) is 119 cm³/mol. The Bertz CT molecular complexity index is 1160. The molecular formula is C21H25N7O3S. The number of imidazole rings is 1. The first kappa shape index (κ1) is 20.7. The third-order valence-corrected chi connectivity index (χ3v) is 6.64. The van der Waals surface area contributed by atoms with Crippen molar-refractivity contribution in [2.24, 2.45) is 5.92 Å². The van der Waals surface area contributed by atoms with Crippen LogP contribution in [0.25, 0.3) is 16.2 Å². The normalized spacial score (nSPS) is 16.2. The molecule has 32 heavy (non-hydrogen) atoms. The minimum absolute atomic E-state index is 0.0445. The number of hydrogen-bond acceptors (Lipinski definition) is 9. The zero-order chi connectivity index (χ0) is 22.2. The molecule has 0 N–H and O–H groups in total. The summed E-state index contributed by atoms with van der Waals surface area (Å²) in [5.74, 6) is 1.43. The van der Waals surface area contributed by atoms with Crippen LogP contribution in [-0.4, -0.2) is 43.9 Å². The summed E-state index contributed by atoms with van der Waals surface area (Å²) in [5, 5.41) is 20.4. The first-order chi connectivity index (χ1) is 15.5. The van der Waals surface area contributed by atoms with Crippen molar-refractivity contribution in [3.05, 3.63) is 41.8 Å². The smallest absolute Gasteiger partial charge is 0.324 e. The van der Waals surface area contributed by atoms with E-state index in [9.17, 15) is 5.21 Å². The highest BCUT2D eigenvalue weighted by atomic mass is 32.1. The summed E-state index contributed by atoms with van der Waals surface area (Å²) in [6.45, 7) is 7.94. The quantitative estimate of drug-likeness (QED) is 0.322. The lowest BCUT2D eigenvalue weighted by Crippen LogP contribution is -2.38. The van der Waals surface area contributed by atoms with Gasteiger partial charge in [-0.2, -0.15) is 9.71 Å². The molecule has 1 aliphatic heterocycles. The third-order valence-electron chi connectivity index (χ3n) is 5.83. The second-order valence-corrected chi connectivity index (χ2v) is 9.32. The maximum atomic E-state index is 11.2. The third kappa shape index (κ3) is 4.12. The Morgan fingerprint density at radius 1 is 1.19 bits per heavy atom. The second-order valence-electron chi connectivity index (χ2n) is 8.41. The Balaban J connectivity index is 1.19. The van der Waals surface area contributed by atoms with E-state index < -0.39 is 0 Å². The highest BCUT2D eigenvalue weighted by Gasteiger charge is 2.28. The van der Waals surface area contributed by atoms with Gasteiger partial charge in [-0.15, -0.1) is 5.10 Å². The number of aromatic nitrogens is 6. The fourth-order valence-electron chi connectivity index (χ4n) is 3.86. The fraction of sp³-hybridized carbons (Fsp3) is 0.476.